The van der Waals surface area contributed by atoms with E-state index in [0.717, 1.165) is 48.5 Å². The molecule has 2 fully saturated rings. The molecule has 1 aromatic carbocycles. The zero-order valence-corrected chi connectivity index (χ0v) is 49.1. The minimum Gasteiger partial charge on any atom is -0.465 e. The molecular formula is C56H100O10S2Si. The molecule has 0 radical (unpaired) electrons. The Bertz CT molecular complexity index is 1590. The van der Waals surface area contributed by atoms with E-state index in [1.54, 1.807) is 7.11 Å². The number of rotatable bonds is 31. The van der Waals surface area contributed by atoms with Gasteiger partial charge in [-0.2, -0.15) is 0 Å². The second kappa shape index (κ2) is 29.2. The molecule has 0 spiro atoms. The fourth-order valence-electron chi connectivity index (χ4n) is 11.2. The predicted molar refractivity (Wildman–Crippen MR) is 290 cm³/mol. The standard InChI is InChI=1S/C56H100O10S2Si/c1-38(2)69(39(3)4,40(5)6)64-34-43(9)28-46(12)56(67-25-22-26-68-56)32-50-52(62-36-59-18)49(65-55(16,17)66-50)30-41(7)29-48(57)31-45(11)51(63-37-60-35-47-23-20-19-21-24-47)44(10)27-42(8)33-61-53(58)54(13,14)15/h19-21,23-24,38-44,46,48-52,57H,11,22,25-37H2,1-10,12-18H3/t41-,42-,43-,44+,46+,48?,49-,50-,51+,52-/m1/s1. The minimum absolute atomic E-state index is 0.0306. The van der Waals surface area contributed by atoms with Crippen LogP contribution in [0.4, 0.5) is 0 Å². The Hall–Kier alpha value is -0.973. The molecule has 1 N–H and O–H groups in total. The second-order valence-corrected chi connectivity index (χ2v) is 32.1. The number of carbonyl (C=O) groups excluding carboxylic acids is 1. The molecule has 10 atom stereocenters. The van der Waals surface area contributed by atoms with Crippen molar-refractivity contribution in [3.63, 3.8) is 0 Å². The van der Waals surface area contributed by atoms with Crippen LogP contribution in [-0.2, 0) is 49.0 Å². The molecule has 0 aromatic heterocycles. The van der Waals surface area contributed by atoms with Gasteiger partial charge in [0, 0.05) is 20.1 Å². The average Bonchev–Trinajstić information content (AvgIpc) is 3.24. The van der Waals surface area contributed by atoms with Gasteiger partial charge in [0.1, 0.15) is 19.7 Å². The minimum atomic E-state index is -1.97. The van der Waals surface area contributed by atoms with Gasteiger partial charge in [0.2, 0.25) is 0 Å². The number of carbonyl (C=O) groups is 1. The SMILES string of the molecule is C=C(CC(O)C[C@@H](C)C[C@H]1OC(C)(C)O[C@H](CC2([C@@H](C)C[C@@H](C)CO[Si](C(C)C)(C(C)C)C(C)C)SCCCS2)[C@@H]1OCOC)[C@@H](OCOCc1ccccc1)[C@@H](C)C[C@@H](C)COC(=O)C(C)(C)C. The molecule has 0 bridgehead atoms. The zero-order chi connectivity index (χ0) is 51.7. The molecule has 0 amide bonds. The third-order valence-electron chi connectivity index (χ3n) is 14.3. The largest absolute Gasteiger partial charge is 0.465 e. The summed E-state index contributed by atoms with van der Waals surface area (Å²) in [5.74, 6) is 2.29. The first kappa shape index (κ1) is 62.3. The second-order valence-electron chi connectivity index (χ2n) is 23.5. The van der Waals surface area contributed by atoms with Crippen LogP contribution in [0.5, 0.6) is 0 Å². The molecule has 69 heavy (non-hydrogen) atoms. The van der Waals surface area contributed by atoms with Crippen LogP contribution < -0.4 is 0 Å². The van der Waals surface area contributed by atoms with Crippen LogP contribution in [0.15, 0.2) is 42.5 Å². The van der Waals surface area contributed by atoms with Crippen molar-refractivity contribution in [2.24, 2.45) is 35.0 Å². The summed E-state index contributed by atoms with van der Waals surface area (Å²) >= 11 is 4.22. The maximum absolute atomic E-state index is 12.5. The summed E-state index contributed by atoms with van der Waals surface area (Å²) in [7, 11) is -0.308. The number of aliphatic hydroxyl groups is 1. The molecule has 2 heterocycles. The smallest absolute Gasteiger partial charge is 0.311 e. The summed E-state index contributed by atoms with van der Waals surface area (Å²) in [5.41, 5.74) is 3.00. The third-order valence-corrected chi connectivity index (χ3v) is 24.2. The number of benzene rings is 1. The number of ether oxygens (including phenoxy) is 7. The van der Waals surface area contributed by atoms with E-state index in [4.69, 9.17) is 37.6 Å². The number of hydrogen-bond acceptors (Lipinski definition) is 12. The normalized spacial score (nSPS) is 23.1. The van der Waals surface area contributed by atoms with Gasteiger partial charge in [-0.3, -0.25) is 4.79 Å². The highest BCUT2D eigenvalue weighted by molar-refractivity contribution is 8.18. The van der Waals surface area contributed by atoms with Crippen LogP contribution >= 0.6 is 23.5 Å². The first-order valence-electron chi connectivity index (χ1n) is 26.4. The van der Waals surface area contributed by atoms with Gasteiger partial charge in [-0.15, -0.1) is 23.5 Å². The van der Waals surface area contributed by atoms with Gasteiger partial charge in [0.25, 0.3) is 0 Å². The van der Waals surface area contributed by atoms with Crippen molar-refractivity contribution >= 4 is 37.8 Å². The first-order chi connectivity index (χ1) is 32.3. The van der Waals surface area contributed by atoms with E-state index in [1.807, 2.05) is 65.0 Å². The summed E-state index contributed by atoms with van der Waals surface area (Å²) in [6.45, 7) is 41.4. The van der Waals surface area contributed by atoms with E-state index >= 15 is 0 Å². The molecule has 2 aliphatic heterocycles. The maximum Gasteiger partial charge on any atom is 0.311 e. The van der Waals surface area contributed by atoms with Crippen molar-refractivity contribution in [1.82, 2.24) is 0 Å². The summed E-state index contributed by atoms with van der Waals surface area (Å²) in [4.78, 5) is 12.5. The molecular weight excluding hydrogens is 925 g/mol. The average molecular weight is 1030 g/mol. The van der Waals surface area contributed by atoms with Crippen molar-refractivity contribution in [3.05, 3.63) is 48.0 Å². The van der Waals surface area contributed by atoms with Gasteiger partial charge in [-0.1, -0.05) is 113 Å². The van der Waals surface area contributed by atoms with Crippen LogP contribution in [0.25, 0.3) is 0 Å². The molecule has 1 aromatic rings. The Kier molecular flexibility index (Phi) is 26.4. The first-order valence-corrected chi connectivity index (χ1v) is 30.5. The number of methoxy groups -OCH3 is 1. The van der Waals surface area contributed by atoms with Crippen LogP contribution in [0, 0.1) is 35.0 Å². The van der Waals surface area contributed by atoms with Crippen LogP contribution in [0.2, 0.25) is 16.6 Å². The highest BCUT2D eigenvalue weighted by atomic mass is 32.2. The summed E-state index contributed by atoms with van der Waals surface area (Å²) < 4.78 is 51.0. The molecule has 0 aliphatic carbocycles. The molecule has 2 aliphatic rings. The Labute approximate surface area is 431 Å². The summed E-state index contributed by atoms with van der Waals surface area (Å²) in [6, 6.07) is 10.0. The predicted octanol–water partition coefficient (Wildman–Crippen LogP) is 13.8. The number of esters is 1. The fourth-order valence-corrected chi connectivity index (χ4v) is 20.4. The van der Waals surface area contributed by atoms with E-state index in [-0.39, 0.29) is 65.8 Å². The van der Waals surface area contributed by atoms with E-state index in [1.165, 1.54) is 6.42 Å². The molecule has 0 saturated carbocycles. The van der Waals surface area contributed by atoms with Crippen molar-refractivity contribution in [3.8, 4) is 0 Å². The Morgan fingerprint density at radius 3 is 2.01 bits per heavy atom. The van der Waals surface area contributed by atoms with E-state index in [2.05, 4.69) is 106 Å². The Morgan fingerprint density at radius 2 is 1.43 bits per heavy atom. The highest BCUT2D eigenvalue weighted by Crippen LogP contribution is 2.54. The van der Waals surface area contributed by atoms with Crippen molar-refractivity contribution in [1.29, 1.82) is 0 Å². The van der Waals surface area contributed by atoms with Crippen LogP contribution in [0.1, 0.15) is 161 Å². The van der Waals surface area contributed by atoms with Crippen molar-refractivity contribution < 1.29 is 47.5 Å². The lowest BCUT2D eigenvalue weighted by Gasteiger charge is -2.50. The van der Waals surface area contributed by atoms with Gasteiger partial charge in [-0.05, 0) is 142 Å². The lowest BCUT2D eigenvalue weighted by molar-refractivity contribution is -0.347. The van der Waals surface area contributed by atoms with E-state index in [9.17, 15) is 9.90 Å². The number of thioether (sulfide) groups is 2. The number of hydrogen-bond donors (Lipinski definition) is 1. The topological polar surface area (TPSA) is 111 Å². The van der Waals surface area contributed by atoms with Crippen LogP contribution in [0.3, 0.4) is 0 Å². The van der Waals surface area contributed by atoms with Gasteiger partial charge in [0.05, 0.1) is 47.1 Å². The molecule has 2 saturated heterocycles. The van der Waals surface area contributed by atoms with E-state index < -0.39 is 25.6 Å². The lowest BCUT2D eigenvalue weighted by atomic mass is 9.85. The molecule has 3 rings (SSSR count). The number of aliphatic hydroxyl groups excluding tert-OH is 1. The highest BCUT2D eigenvalue weighted by Gasteiger charge is 2.51. The fraction of sp³-hybridized carbons (Fsp3) is 0.839. The molecule has 13 heteroatoms. The monoisotopic (exact) mass is 1020 g/mol. The van der Waals surface area contributed by atoms with E-state index in [0.29, 0.717) is 60.9 Å². The quantitative estimate of drug-likeness (QED) is 0.0251. The van der Waals surface area contributed by atoms with Gasteiger partial charge in [0.15, 0.2) is 14.1 Å². The van der Waals surface area contributed by atoms with Gasteiger partial charge in [-0.25, -0.2) is 0 Å². The van der Waals surface area contributed by atoms with Crippen molar-refractivity contribution in [2.45, 2.75) is 219 Å². The van der Waals surface area contributed by atoms with Crippen LogP contribution in [-0.4, -0.2) is 105 Å². The summed E-state index contributed by atoms with van der Waals surface area (Å²) in [6.07, 6.45) is 3.61. The summed E-state index contributed by atoms with van der Waals surface area (Å²) in [5, 5.41) is 11.7. The molecule has 1 unspecified atom stereocenters. The Morgan fingerprint density at radius 1 is 0.841 bits per heavy atom. The zero-order valence-electron chi connectivity index (χ0n) is 46.4. The van der Waals surface area contributed by atoms with Gasteiger partial charge >= 0.3 is 5.97 Å². The lowest BCUT2D eigenvalue weighted by Crippen LogP contribution is -2.57. The third kappa shape index (κ3) is 19.7. The molecule has 10 nitrogen and oxygen atoms in total. The van der Waals surface area contributed by atoms with Gasteiger partial charge < -0.3 is 42.7 Å². The molecule has 400 valence electrons. The van der Waals surface area contributed by atoms with Crippen molar-refractivity contribution in [2.75, 3.05) is 45.4 Å². The Balaban J connectivity index is 1.74. The maximum atomic E-state index is 12.5.